The van der Waals surface area contributed by atoms with E-state index in [9.17, 15) is 0 Å². The van der Waals surface area contributed by atoms with E-state index in [1.165, 1.54) is 139 Å². The van der Waals surface area contributed by atoms with Crippen LogP contribution in [0.4, 0.5) is 5.13 Å². The number of unbranched alkanes of at least 4 members (excludes halogenated alkanes) is 14. The molecule has 2 nitrogen and oxygen atoms in total. The van der Waals surface area contributed by atoms with Gasteiger partial charge in [0, 0.05) is 17.4 Å². The first-order chi connectivity index (χ1) is 15.9. The van der Waals surface area contributed by atoms with Crippen molar-refractivity contribution in [3.05, 3.63) is 35.7 Å². The molecular formula is C29H47N2S+. The highest BCUT2D eigenvalue weighted by atomic mass is 32.1. The summed E-state index contributed by atoms with van der Waals surface area (Å²) in [7, 11) is 0. The average Bonchev–Trinajstić information content (AvgIpc) is 3.27. The third-order valence-electron chi connectivity index (χ3n) is 6.98. The van der Waals surface area contributed by atoms with Crippen LogP contribution >= 0.6 is 11.3 Å². The van der Waals surface area contributed by atoms with E-state index in [1.807, 2.05) is 11.3 Å². The Morgan fingerprint density at radius 1 is 0.750 bits per heavy atom. The highest BCUT2D eigenvalue weighted by Crippen LogP contribution is 2.28. The fraction of sp³-hybridized carbons (Fsp3) is 0.690. The van der Waals surface area contributed by atoms with Crippen LogP contribution in [0.15, 0.2) is 35.7 Å². The second kappa shape index (κ2) is 15.5. The molecule has 1 aliphatic heterocycles. The molecule has 2 aromatic rings. The smallest absolute Gasteiger partial charge is 0.252 e. The van der Waals surface area contributed by atoms with Crippen LogP contribution in [-0.4, -0.2) is 13.1 Å². The lowest BCUT2D eigenvalue weighted by molar-refractivity contribution is -0.673. The Morgan fingerprint density at radius 2 is 1.31 bits per heavy atom. The lowest BCUT2D eigenvalue weighted by Gasteiger charge is -2.22. The van der Waals surface area contributed by atoms with Crippen LogP contribution in [0.3, 0.4) is 0 Å². The van der Waals surface area contributed by atoms with Gasteiger partial charge in [-0.15, -0.1) is 0 Å². The maximum atomic E-state index is 2.64. The summed E-state index contributed by atoms with van der Waals surface area (Å²) in [6, 6.07) is 10.9. The zero-order valence-electron chi connectivity index (χ0n) is 20.7. The summed E-state index contributed by atoms with van der Waals surface area (Å²) in [5.74, 6) is 0. The molecule has 32 heavy (non-hydrogen) atoms. The summed E-state index contributed by atoms with van der Waals surface area (Å²) in [5, 5.41) is 3.83. The van der Waals surface area contributed by atoms with Crippen LogP contribution in [0.5, 0.6) is 0 Å². The monoisotopic (exact) mass is 455 g/mol. The van der Waals surface area contributed by atoms with Gasteiger partial charge in [-0.2, -0.15) is 0 Å². The summed E-state index contributed by atoms with van der Waals surface area (Å²) in [5.41, 5.74) is 2.75. The molecule has 0 spiro atoms. The van der Waals surface area contributed by atoms with Gasteiger partial charge in [0.25, 0.3) is 0 Å². The minimum absolute atomic E-state index is 1.17. The number of rotatable bonds is 17. The number of thiazole rings is 1. The highest BCUT2D eigenvalue weighted by Gasteiger charge is 2.29. The standard InChI is InChI=1S/C29H47N2S/c1-2-3-4-5-6-7-8-9-10-11-12-13-14-15-19-23-30-24-20-25-31-28(26-32-29(30)31)27-21-17-16-18-22-27/h16-18,21-22,26H,2-15,19-20,23-25H2,1H3/q+1. The molecule has 0 fully saturated rings. The normalized spacial score (nSPS) is 13.5. The lowest BCUT2D eigenvalue weighted by Crippen LogP contribution is -2.47. The zero-order valence-corrected chi connectivity index (χ0v) is 21.5. The molecule has 2 heterocycles. The van der Waals surface area contributed by atoms with Crippen molar-refractivity contribution in [2.75, 3.05) is 18.0 Å². The van der Waals surface area contributed by atoms with E-state index in [0.29, 0.717) is 0 Å². The minimum Gasteiger partial charge on any atom is -0.252 e. The van der Waals surface area contributed by atoms with Crippen molar-refractivity contribution >= 4 is 16.5 Å². The van der Waals surface area contributed by atoms with E-state index >= 15 is 0 Å². The number of hydrogen-bond acceptors (Lipinski definition) is 2. The largest absolute Gasteiger partial charge is 0.336 e. The predicted molar refractivity (Wildman–Crippen MR) is 142 cm³/mol. The Kier molecular flexibility index (Phi) is 12.2. The van der Waals surface area contributed by atoms with E-state index in [-0.39, 0.29) is 0 Å². The van der Waals surface area contributed by atoms with Crippen LogP contribution in [0, 0.1) is 0 Å². The van der Waals surface area contributed by atoms with Crippen LogP contribution in [0.2, 0.25) is 0 Å². The molecule has 1 aromatic carbocycles. The van der Waals surface area contributed by atoms with Gasteiger partial charge < -0.3 is 0 Å². The molecule has 0 N–H and O–H groups in total. The molecule has 1 aliphatic rings. The third kappa shape index (κ3) is 8.54. The van der Waals surface area contributed by atoms with Gasteiger partial charge in [-0.25, -0.2) is 4.57 Å². The average molecular weight is 456 g/mol. The van der Waals surface area contributed by atoms with Gasteiger partial charge in [-0.3, -0.25) is 4.90 Å². The van der Waals surface area contributed by atoms with Crippen molar-refractivity contribution in [2.24, 2.45) is 0 Å². The summed E-state index contributed by atoms with van der Waals surface area (Å²) < 4.78 is 2.55. The Morgan fingerprint density at radius 3 is 1.91 bits per heavy atom. The molecule has 0 saturated carbocycles. The third-order valence-corrected chi connectivity index (χ3v) is 8.01. The summed E-state index contributed by atoms with van der Waals surface area (Å²) in [6.45, 7) is 5.92. The van der Waals surface area contributed by atoms with Crippen molar-refractivity contribution in [3.63, 3.8) is 0 Å². The SMILES string of the molecule is CCCCCCCCCCCCCCCCCN1CCC[n+]2c(-c3ccccc3)csc21. The molecule has 0 atom stereocenters. The van der Waals surface area contributed by atoms with Gasteiger partial charge in [0.15, 0.2) is 0 Å². The molecule has 178 valence electrons. The molecule has 0 unspecified atom stereocenters. The zero-order chi connectivity index (χ0) is 22.3. The van der Waals surface area contributed by atoms with Crippen LogP contribution < -0.4 is 9.47 Å². The maximum absolute atomic E-state index is 2.64. The second-order valence-corrected chi connectivity index (χ2v) is 10.5. The maximum Gasteiger partial charge on any atom is 0.336 e. The number of hydrogen-bond donors (Lipinski definition) is 0. The topological polar surface area (TPSA) is 7.12 Å². The molecule has 0 aliphatic carbocycles. The Hall–Kier alpha value is -1.35. The summed E-state index contributed by atoms with van der Waals surface area (Å²) in [6.07, 6.45) is 22.8. The van der Waals surface area contributed by atoms with Crippen molar-refractivity contribution in [1.29, 1.82) is 0 Å². The molecule has 1 aromatic heterocycles. The van der Waals surface area contributed by atoms with Gasteiger partial charge in [0.05, 0.1) is 19.6 Å². The number of fused-ring (bicyclic) bond motifs is 1. The fourth-order valence-corrected chi connectivity index (χ4v) is 6.16. The molecule has 0 radical (unpaired) electrons. The van der Waals surface area contributed by atoms with E-state index in [2.05, 4.69) is 52.1 Å². The first-order valence-electron chi connectivity index (χ1n) is 13.7. The predicted octanol–water partition coefficient (Wildman–Crippen LogP) is 8.78. The van der Waals surface area contributed by atoms with E-state index in [1.54, 1.807) is 0 Å². The first-order valence-corrected chi connectivity index (χ1v) is 14.6. The van der Waals surface area contributed by atoms with Gasteiger partial charge in [0.2, 0.25) is 0 Å². The number of aromatic nitrogens is 1. The Balaban J connectivity index is 1.21. The van der Waals surface area contributed by atoms with E-state index < -0.39 is 0 Å². The van der Waals surface area contributed by atoms with Crippen LogP contribution in [-0.2, 0) is 6.54 Å². The van der Waals surface area contributed by atoms with Crippen molar-refractivity contribution in [1.82, 2.24) is 0 Å². The van der Waals surface area contributed by atoms with Crippen LogP contribution in [0.25, 0.3) is 11.3 Å². The quantitative estimate of drug-likeness (QED) is 0.171. The van der Waals surface area contributed by atoms with E-state index in [4.69, 9.17) is 0 Å². The number of nitrogens with zero attached hydrogens (tertiary/aromatic N) is 2. The first kappa shape index (κ1) is 25.3. The minimum atomic E-state index is 1.17. The fourth-order valence-electron chi connectivity index (χ4n) is 5.03. The Labute approximate surface area is 202 Å². The van der Waals surface area contributed by atoms with Gasteiger partial charge >= 0.3 is 5.13 Å². The van der Waals surface area contributed by atoms with Gasteiger partial charge in [0.1, 0.15) is 5.69 Å². The number of benzene rings is 1. The summed E-state index contributed by atoms with van der Waals surface area (Å²) in [4.78, 5) is 2.64. The Bertz CT molecular complexity index is 724. The summed E-state index contributed by atoms with van der Waals surface area (Å²) >= 11 is 1.93. The van der Waals surface area contributed by atoms with Crippen molar-refractivity contribution in [2.45, 2.75) is 116 Å². The van der Waals surface area contributed by atoms with Crippen molar-refractivity contribution < 1.29 is 4.57 Å². The molecular weight excluding hydrogens is 408 g/mol. The number of anilines is 1. The molecule has 3 heteroatoms. The van der Waals surface area contributed by atoms with Crippen molar-refractivity contribution in [3.8, 4) is 11.3 Å². The molecule has 3 rings (SSSR count). The van der Waals surface area contributed by atoms with Gasteiger partial charge in [-0.05, 0) is 12.8 Å². The second-order valence-electron chi connectivity index (χ2n) is 9.71. The molecule has 0 saturated heterocycles. The van der Waals surface area contributed by atoms with Crippen LogP contribution in [0.1, 0.15) is 110 Å². The highest BCUT2D eigenvalue weighted by molar-refractivity contribution is 7.13. The molecule has 0 amide bonds. The van der Waals surface area contributed by atoms with Gasteiger partial charge in [-0.1, -0.05) is 132 Å². The van der Waals surface area contributed by atoms with E-state index in [0.717, 1.165) is 0 Å². The molecule has 0 bridgehead atoms. The lowest BCUT2D eigenvalue weighted by atomic mass is 10.0.